The molecule has 1 amide bonds. The number of aryl methyl sites for hydroxylation is 3. The maximum Gasteiger partial charge on any atom is 0.307 e. The molecule has 2 aromatic rings. The fraction of sp³-hybridized carbons (Fsp3) is 0.412. The SMILES string of the molecule is CCc1cccc(CC)c1NC(=O)CCn1c(C)csc1=O. The number of para-hydroxylation sites is 1. The van der Waals surface area contributed by atoms with Crippen LogP contribution in [0.4, 0.5) is 5.69 Å². The van der Waals surface area contributed by atoms with E-state index in [-0.39, 0.29) is 10.8 Å². The van der Waals surface area contributed by atoms with Gasteiger partial charge in [0.15, 0.2) is 0 Å². The summed E-state index contributed by atoms with van der Waals surface area (Å²) in [5.41, 5.74) is 4.14. The van der Waals surface area contributed by atoms with Crippen LogP contribution in [-0.2, 0) is 24.2 Å². The van der Waals surface area contributed by atoms with Crippen LogP contribution in [0.3, 0.4) is 0 Å². The largest absolute Gasteiger partial charge is 0.326 e. The van der Waals surface area contributed by atoms with Gasteiger partial charge in [0.25, 0.3) is 0 Å². The molecule has 0 aliphatic carbocycles. The summed E-state index contributed by atoms with van der Waals surface area (Å²) < 4.78 is 1.65. The highest BCUT2D eigenvalue weighted by Crippen LogP contribution is 2.22. The van der Waals surface area contributed by atoms with Crippen molar-refractivity contribution in [3.05, 3.63) is 50.1 Å². The van der Waals surface area contributed by atoms with Gasteiger partial charge in [0.2, 0.25) is 5.91 Å². The quantitative estimate of drug-likeness (QED) is 0.888. The van der Waals surface area contributed by atoms with Crippen molar-refractivity contribution in [2.75, 3.05) is 5.32 Å². The molecule has 1 N–H and O–H groups in total. The van der Waals surface area contributed by atoms with Crippen LogP contribution in [0, 0.1) is 6.92 Å². The van der Waals surface area contributed by atoms with Crippen molar-refractivity contribution in [3.63, 3.8) is 0 Å². The second-order valence-electron chi connectivity index (χ2n) is 5.25. The molecule has 0 saturated heterocycles. The lowest BCUT2D eigenvalue weighted by atomic mass is 10.0. The number of hydrogen-bond donors (Lipinski definition) is 1. The van der Waals surface area contributed by atoms with Crippen LogP contribution in [0.15, 0.2) is 28.4 Å². The van der Waals surface area contributed by atoms with Gasteiger partial charge in [-0.15, -0.1) is 0 Å². The Balaban J connectivity index is 2.08. The maximum atomic E-state index is 12.2. The molecule has 118 valence electrons. The second-order valence-corrected chi connectivity index (χ2v) is 6.07. The zero-order valence-corrected chi connectivity index (χ0v) is 14.1. The van der Waals surface area contributed by atoms with E-state index in [0.29, 0.717) is 13.0 Å². The summed E-state index contributed by atoms with van der Waals surface area (Å²) in [5, 5.41) is 4.85. The predicted octanol–water partition coefficient (Wildman–Crippen LogP) is 3.37. The molecule has 22 heavy (non-hydrogen) atoms. The molecule has 1 heterocycles. The first-order valence-electron chi connectivity index (χ1n) is 7.62. The normalized spacial score (nSPS) is 10.7. The van der Waals surface area contributed by atoms with Crippen LogP contribution < -0.4 is 10.2 Å². The Morgan fingerprint density at radius 1 is 1.23 bits per heavy atom. The van der Waals surface area contributed by atoms with Gasteiger partial charge < -0.3 is 9.88 Å². The summed E-state index contributed by atoms with van der Waals surface area (Å²) in [5.74, 6) is -0.0481. The topological polar surface area (TPSA) is 51.1 Å². The summed E-state index contributed by atoms with van der Waals surface area (Å²) in [6.45, 7) is 6.48. The van der Waals surface area contributed by atoms with Crippen LogP contribution in [0.1, 0.15) is 37.1 Å². The van der Waals surface area contributed by atoms with Crippen molar-refractivity contribution in [2.24, 2.45) is 0 Å². The standard InChI is InChI=1S/C17H22N2O2S/c1-4-13-7-6-8-14(5-2)16(13)18-15(20)9-10-19-12(3)11-22-17(19)21/h6-8,11H,4-5,9-10H2,1-3H3,(H,18,20). The summed E-state index contributed by atoms with van der Waals surface area (Å²) in [4.78, 5) is 23.9. The number of anilines is 1. The summed E-state index contributed by atoms with van der Waals surface area (Å²) in [7, 11) is 0. The molecule has 0 saturated carbocycles. The van der Waals surface area contributed by atoms with Gasteiger partial charge in [-0.05, 0) is 30.9 Å². The minimum Gasteiger partial charge on any atom is -0.326 e. The average Bonchev–Trinajstić information content (AvgIpc) is 2.84. The van der Waals surface area contributed by atoms with Gasteiger partial charge in [-0.3, -0.25) is 9.59 Å². The Morgan fingerprint density at radius 3 is 2.36 bits per heavy atom. The lowest BCUT2D eigenvalue weighted by molar-refractivity contribution is -0.116. The number of amides is 1. The highest BCUT2D eigenvalue weighted by atomic mass is 32.1. The molecule has 2 rings (SSSR count). The highest BCUT2D eigenvalue weighted by molar-refractivity contribution is 7.07. The molecule has 0 aliphatic rings. The van der Waals surface area contributed by atoms with Crippen molar-refractivity contribution in [3.8, 4) is 0 Å². The summed E-state index contributed by atoms with van der Waals surface area (Å²) in [6, 6.07) is 6.12. The molecule has 0 radical (unpaired) electrons. The fourth-order valence-electron chi connectivity index (χ4n) is 2.49. The van der Waals surface area contributed by atoms with Gasteiger partial charge in [-0.1, -0.05) is 43.4 Å². The lowest BCUT2D eigenvalue weighted by Gasteiger charge is -2.14. The van der Waals surface area contributed by atoms with Gasteiger partial charge in [-0.2, -0.15) is 0 Å². The third kappa shape index (κ3) is 3.65. The summed E-state index contributed by atoms with van der Waals surface area (Å²) >= 11 is 1.17. The highest BCUT2D eigenvalue weighted by Gasteiger charge is 2.11. The first kappa shape index (κ1) is 16.5. The van der Waals surface area contributed by atoms with Crippen LogP contribution in [0.25, 0.3) is 0 Å². The van der Waals surface area contributed by atoms with Gasteiger partial charge in [0.1, 0.15) is 0 Å². The number of thiazole rings is 1. The van der Waals surface area contributed by atoms with E-state index in [4.69, 9.17) is 0 Å². The van der Waals surface area contributed by atoms with Gasteiger partial charge >= 0.3 is 4.87 Å². The van der Waals surface area contributed by atoms with Gasteiger partial charge in [0.05, 0.1) is 0 Å². The summed E-state index contributed by atoms with van der Waals surface area (Å²) in [6.07, 6.45) is 2.07. The number of carbonyl (C=O) groups is 1. The number of hydrogen-bond acceptors (Lipinski definition) is 3. The van der Waals surface area contributed by atoms with Crippen molar-refractivity contribution >= 4 is 22.9 Å². The monoisotopic (exact) mass is 318 g/mol. The van der Waals surface area contributed by atoms with Crippen molar-refractivity contribution in [1.82, 2.24) is 4.57 Å². The number of carbonyl (C=O) groups excluding carboxylic acids is 1. The van der Waals surface area contributed by atoms with E-state index in [1.54, 1.807) is 4.57 Å². The molecule has 0 spiro atoms. The van der Waals surface area contributed by atoms with E-state index in [1.165, 1.54) is 11.3 Å². The molecular formula is C17H22N2O2S. The fourth-order valence-corrected chi connectivity index (χ4v) is 3.25. The average molecular weight is 318 g/mol. The molecule has 0 aliphatic heterocycles. The van der Waals surface area contributed by atoms with Gasteiger partial charge in [0, 0.05) is 29.7 Å². The minimum absolute atomic E-state index is 0.00601. The number of rotatable bonds is 6. The Labute approximate surface area is 134 Å². The van der Waals surface area contributed by atoms with Crippen LogP contribution in [0.2, 0.25) is 0 Å². The van der Waals surface area contributed by atoms with E-state index in [2.05, 4.69) is 19.2 Å². The first-order valence-corrected chi connectivity index (χ1v) is 8.50. The first-order chi connectivity index (χ1) is 10.6. The molecular weight excluding hydrogens is 296 g/mol. The molecule has 1 aromatic carbocycles. The Morgan fingerprint density at radius 2 is 1.86 bits per heavy atom. The van der Waals surface area contributed by atoms with Gasteiger partial charge in [-0.25, -0.2) is 0 Å². The van der Waals surface area contributed by atoms with Crippen molar-refractivity contribution in [2.45, 2.75) is 46.6 Å². The number of nitrogens with one attached hydrogen (secondary N) is 1. The van der Waals surface area contributed by atoms with Crippen LogP contribution >= 0.6 is 11.3 Å². The van der Waals surface area contributed by atoms with Crippen LogP contribution in [-0.4, -0.2) is 10.5 Å². The third-order valence-electron chi connectivity index (χ3n) is 3.80. The van der Waals surface area contributed by atoms with Crippen LogP contribution in [0.5, 0.6) is 0 Å². The third-order valence-corrected chi connectivity index (χ3v) is 4.68. The van der Waals surface area contributed by atoms with Crippen molar-refractivity contribution in [1.29, 1.82) is 0 Å². The zero-order chi connectivity index (χ0) is 16.1. The Kier molecular flexibility index (Phi) is 5.55. The molecule has 0 atom stereocenters. The predicted molar refractivity (Wildman–Crippen MR) is 91.8 cm³/mol. The lowest BCUT2D eigenvalue weighted by Crippen LogP contribution is -2.21. The molecule has 1 aromatic heterocycles. The number of aromatic nitrogens is 1. The number of nitrogens with zero attached hydrogens (tertiary/aromatic N) is 1. The smallest absolute Gasteiger partial charge is 0.307 e. The van der Waals surface area contributed by atoms with E-state index in [1.807, 2.05) is 30.5 Å². The molecule has 4 nitrogen and oxygen atoms in total. The Bertz CT molecular complexity index is 693. The second kappa shape index (κ2) is 7.40. The van der Waals surface area contributed by atoms with E-state index in [0.717, 1.165) is 35.3 Å². The van der Waals surface area contributed by atoms with E-state index >= 15 is 0 Å². The molecule has 0 fully saturated rings. The molecule has 0 unspecified atom stereocenters. The zero-order valence-electron chi connectivity index (χ0n) is 13.3. The van der Waals surface area contributed by atoms with E-state index in [9.17, 15) is 9.59 Å². The van der Waals surface area contributed by atoms with Crippen molar-refractivity contribution < 1.29 is 4.79 Å². The molecule has 5 heteroatoms. The number of benzene rings is 1. The van der Waals surface area contributed by atoms with E-state index < -0.39 is 0 Å². The maximum absolute atomic E-state index is 12.2. The Hall–Kier alpha value is -1.88. The minimum atomic E-state index is -0.0481. The molecule has 0 bridgehead atoms.